The van der Waals surface area contributed by atoms with Crippen LogP contribution < -0.4 is 18.9 Å². The van der Waals surface area contributed by atoms with Gasteiger partial charge in [-0.05, 0) is 38.0 Å². The van der Waals surface area contributed by atoms with Gasteiger partial charge in [-0.2, -0.15) is 0 Å². The fraction of sp³-hybridized carbons (Fsp3) is 0.385. The van der Waals surface area contributed by atoms with Gasteiger partial charge in [-0.1, -0.05) is 23.8 Å². The van der Waals surface area contributed by atoms with Gasteiger partial charge in [0.05, 0.1) is 11.7 Å². The van der Waals surface area contributed by atoms with Crippen LogP contribution >= 0.6 is 0 Å². The molecule has 1 heterocycles. The first-order chi connectivity index (χ1) is 16.2. The molecule has 2 atom stereocenters. The van der Waals surface area contributed by atoms with E-state index in [-0.39, 0.29) is 13.2 Å². The van der Waals surface area contributed by atoms with Crippen LogP contribution in [0, 0.1) is 0 Å². The van der Waals surface area contributed by atoms with Crippen molar-refractivity contribution in [1.82, 2.24) is 0 Å². The molecule has 8 nitrogen and oxygen atoms in total. The van der Waals surface area contributed by atoms with E-state index < -0.39 is 24.1 Å². The van der Waals surface area contributed by atoms with Crippen LogP contribution in [-0.4, -0.2) is 30.9 Å². The zero-order chi connectivity index (χ0) is 24.8. The number of methoxy groups -OCH3 is 1. The molecule has 0 saturated carbocycles. The summed E-state index contributed by atoms with van der Waals surface area (Å²) in [6.45, 7) is 6.55. The highest BCUT2D eigenvalue weighted by molar-refractivity contribution is 5.72. The predicted molar refractivity (Wildman–Crippen MR) is 124 cm³/mol. The first-order valence-corrected chi connectivity index (χ1v) is 11.0. The Balaban J connectivity index is 2.08. The van der Waals surface area contributed by atoms with Crippen LogP contribution in [0.5, 0.6) is 23.0 Å². The van der Waals surface area contributed by atoms with Crippen LogP contribution in [0.1, 0.15) is 63.0 Å². The molecule has 0 fully saturated rings. The molecule has 1 aliphatic rings. The molecule has 1 aliphatic heterocycles. The van der Waals surface area contributed by atoms with Gasteiger partial charge in [-0.3, -0.25) is 9.59 Å². The average Bonchev–Trinajstić information content (AvgIpc) is 2.76. The lowest BCUT2D eigenvalue weighted by Gasteiger charge is -2.33. The van der Waals surface area contributed by atoms with Crippen LogP contribution in [0.2, 0.25) is 0 Å². The maximum absolute atomic E-state index is 11.8. The zero-order valence-electron chi connectivity index (χ0n) is 20.0. The van der Waals surface area contributed by atoms with Gasteiger partial charge in [0.25, 0.3) is 0 Å². The molecule has 0 unspecified atom stereocenters. The second-order valence-electron chi connectivity index (χ2n) is 8.24. The number of esters is 2. The van der Waals surface area contributed by atoms with Crippen molar-refractivity contribution < 1.29 is 38.4 Å². The Morgan fingerprint density at radius 2 is 1.74 bits per heavy atom. The first kappa shape index (κ1) is 25.3. The number of benzene rings is 2. The molecule has 0 amide bonds. The molecule has 34 heavy (non-hydrogen) atoms. The maximum atomic E-state index is 11.8. The van der Waals surface area contributed by atoms with Crippen LogP contribution in [-0.2, 0) is 20.7 Å². The summed E-state index contributed by atoms with van der Waals surface area (Å²) in [5, 5.41) is 11.1. The molecule has 2 aromatic carbocycles. The van der Waals surface area contributed by atoms with Crippen molar-refractivity contribution in [3.63, 3.8) is 0 Å². The number of carbonyl (C=O) groups excluding carboxylic acids is 2. The summed E-state index contributed by atoms with van der Waals surface area (Å²) >= 11 is 0. The molecular weight excluding hydrogens is 440 g/mol. The summed E-state index contributed by atoms with van der Waals surface area (Å²) in [5.41, 5.74) is 3.00. The lowest BCUT2D eigenvalue weighted by molar-refractivity contribution is -0.132. The fourth-order valence-corrected chi connectivity index (χ4v) is 3.74. The second kappa shape index (κ2) is 11.2. The smallest absolute Gasteiger partial charge is 0.308 e. The molecule has 0 spiro atoms. The highest BCUT2D eigenvalue weighted by atomic mass is 16.7. The molecular formula is C26H30O8. The second-order valence-corrected chi connectivity index (χ2v) is 8.24. The molecule has 2 aromatic rings. The normalized spacial score (nSPS) is 16.6. The number of carbonyl (C=O) groups is 2. The third-order valence-electron chi connectivity index (χ3n) is 5.19. The minimum Gasteiger partial charge on any atom is -0.485 e. The van der Waals surface area contributed by atoms with E-state index in [9.17, 15) is 14.7 Å². The Morgan fingerprint density at radius 1 is 1.06 bits per heavy atom. The summed E-state index contributed by atoms with van der Waals surface area (Å²) < 4.78 is 27.7. The monoisotopic (exact) mass is 470 g/mol. The highest BCUT2D eigenvalue weighted by Crippen LogP contribution is 2.50. The molecule has 0 radical (unpaired) electrons. The summed E-state index contributed by atoms with van der Waals surface area (Å²) in [7, 11) is 1.49. The van der Waals surface area contributed by atoms with Crippen LogP contribution in [0.25, 0.3) is 0 Å². The van der Waals surface area contributed by atoms with Crippen molar-refractivity contribution in [3.8, 4) is 23.0 Å². The lowest BCUT2D eigenvalue weighted by atomic mass is 9.91. The molecule has 1 N–H and O–H groups in total. The van der Waals surface area contributed by atoms with Crippen molar-refractivity contribution in [2.24, 2.45) is 0 Å². The Kier molecular flexibility index (Phi) is 8.31. The van der Waals surface area contributed by atoms with Crippen molar-refractivity contribution in [1.29, 1.82) is 0 Å². The number of allylic oxidation sites excluding steroid dienone is 2. The number of ether oxygens (including phenoxy) is 5. The van der Waals surface area contributed by atoms with Gasteiger partial charge in [0.1, 0.15) is 29.1 Å². The number of fused-ring (bicyclic) bond motifs is 1. The van der Waals surface area contributed by atoms with E-state index in [2.05, 4.69) is 0 Å². The Hall–Kier alpha value is -3.36. The SMILES string of the molecule is COCOc1cc(OC(C)=O)c(CC=C(C)C)c2c1[C@H](O)C[C@H](c1ccc(OC(C)=O)cc1)O2. The highest BCUT2D eigenvalue weighted by Gasteiger charge is 2.35. The molecule has 8 heteroatoms. The van der Waals surface area contributed by atoms with E-state index in [1.54, 1.807) is 30.3 Å². The average molecular weight is 471 g/mol. The third-order valence-corrected chi connectivity index (χ3v) is 5.19. The topological polar surface area (TPSA) is 101 Å². The first-order valence-electron chi connectivity index (χ1n) is 11.0. The number of hydrogen-bond acceptors (Lipinski definition) is 8. The number of rotatable bonds is 8. The number of hydrogen-bond donors (Lipinski definition) is 1. The fourth-order valence-electron chi connectivity index (χ4n) is 3.74. The minimum atomic E-state index is -0.898. The minimum absolute atomic E-state index is 0.0486. The zero-order valence-corrected chi connectivity index (χ0v) is 20.0. The molecule has 0 aromatic heterocycles. The third kappa shape index (κ3) is 6.15. The van der Waals surface area contributed by atoms with Crippen molar-refractivity contribution in [3.05, 3.63) is 58.7 Å². The van der Waals surface area contributed by atoms with E-state index in [0.717, 1.165) is 11.1 Å². The summed E-state index contributed by atoms with van der Waals surface area (Å²) in [6, 6.07) is 8.51. The number of aliphatic hydroxyl groups excluding tert-OH is 1. The predicted octanol–water partition coefficient (Wildman–Crippen LogP) is 4.59. The quantitative estimate of drug-likeness (QED) is 0.259. The van der Waals surface area contributed by atoms with Crippen molar-refractivity contribution >= 4 is 11.9 Å². The summed E-state index contributed by atoms with van der Waals surface area (Å²) in [5.74, 6) is 0.569. The van der Waals surface area contributed by atoms with Crippen LogP contribution in [0.15, 0.2) is 42.0 Å². The Morgan fingerprint density at radius 3 is 2.32 bits per heavy atom. The molecule has 0 aliphatic carbocycles. The van der Waals surface area contributed by atoms with Crippen LogP contribution in [0.4, 0.5) is 0 Å². The van der Waals surface area contributed by atoms with Gasteiger partial charge in [0.15, 0.2) is 6.79 Å². The Labute approximate surface area is 199 Å². The van der Waals surface area contributed by atoms with Gasteiger partial charge >= 0.3 is 11.9 Å². The number of aliphatic hydroxyl groups is 1. The van der Waals surface area contributed by atoms with Gasteiger partial charge in [0.2, 0.25) is 0 Å². The van der Waals surface area contributed by atoms with E-state index in [1.165, 1.54) is 21.0 Å². The van der Waals surface area contributed by atoms with Gasteiger partial charge < -0.3 is 28.8 Å². The largest absolute Gasteiger partial charge is 0.485 e. The standard InChI is InChI=1S/C26H30O8/c1-15(2)6-11-20-23(33-17(4)28)13-24(31-14-30-5)25-21(29)12-22(34-26(20)25)18-7-9-19(10-8-18)32-16(3)27/h6-10,13,21-22,29H,11-12,14H2,1-5H3/t21-,22-/m1/s1. The maximum Gasteiger partial charge on any atom is 0.308 e. The molecule has 0 saturated heterocycles. The van der Waals surface area contributed by atoms with Crippen molar-refractivity contribution in [2.75, 3.05) is 13.9 Å². The van der Waals surface area contributed by atoms with Gasteiger partial charge in [-0.25, -0.2) is 0 Å². The van der Waals surface area contributed by atoms with Gasteiger partial charge in [-0.15, -0.1) is 0 Å². The molecule has 182 valence electrons. The Bertz CT molecular complexity index is 1070. The summed E-state index contributed by atoms with van der Waals surface area (Å²) in [6.07, 6.45) is 1.32. The van der Waals surface area contributed by atoms with E-state index in [1.807, 2.05) is 19.9 Å². The lowest BCUT2D eigenvalue weighted by Crippen LogP contribution is -2.22. The van der Waals surface area contributed by atoms with E-state index >= 15 is 0 Å². The summed E-state index contributed by atoms with van der Waals surface area (Å²) in [4.78, 5) is 23.0. The van der Waals surface area contributed by atoms with Crippen LogP contribution in [0.3, 0.4) is 0 Å². The van der Waals surface area contributed by atoms with Gasteiger partial charge in [0, 0.05) is 39.0 Å². The molecule has 3 rings (SSSR count). The van der Waals surface area contributed by atoms with Crippen molar-refractivity contribution in [2.45, 2.75) is 52.7 Å². The van der Waals surface area contributed by atoms with E-state index in [0.29, 0.717) is 40.5 Å². The molecule has 0 bridgehead atoms. The van der Waals surface area contributed by atoms with E-state index in [4.69, 9.17) is 23.7 Å².